The van der Waals surface area contributed by atoms with Gasteiger partial charge in [-0.1, -0.05) is 0 Å². The fourth-order valence-electron chi connectivity index (χ4n) is 2.75. The first-order valence-corrected chi connectivity index (χ1v) is 6.81. The quantitative estimate of drug-likeness (QED) is 0.407. The van der Waals surface area contributed by atoms with Crippen LogP contribution >= 0.6 is 0 Å². The summed E-state index contributed by atoms with van der Waals surface area (Å²) in [6, 6.07) is -0.625. The molecule has 0 saturated carbocycles. The van der Waals surface area contributed by atoms with Crippen LogP contribution in [0.1, 0.15) is 18.1 Å². The minimum absolute atomic E-state index is 0.136. The number of aromatic nitrogens is 2. The summed E-state index contributed by atoms with van der Waals surface area (Å²) in [6.07, 6.45) is 1.06. The van der Waals surface area contributed by atoms with Gasteiger partial charge in [-0.05, 0) is 14.1 Å². The molecule has 3 rings (SSSR count). The van der Waals surface area contributed by atoms with Crippen molar-refractivity contribution in [3.05, 3.63) is 12.0 Å². The Kier molecular flexibility index (Phi) is 3.68. The van der Waals surface area contributed by atoms with Crippen molar-refractivity contribution in [2.24, 2.45) is 10.7 Å². The van der Waals surface area contributed by atoms with E-state index in [1.807, 2.05) is 19.0 Å². The highest BCUT2D eigenvalue weighted by Crippen LogP contribution is 2.30. The first-order chi connectivity index (χ1) is 10.0. The van der Waals surface area contributed by atoms with Gasteiger partial charge in [0, 0.05) is 0 Å². The number of fused-ring (bicyclic) bond motifs is 1. The van der Waals surface area contributed by atoms with Crippen LogP contribution in [0.4, 0.5) is 5.82 Å². The highest BCUT2D eigenvalue weighted by molar-refractivity contribution is 5.76. The molecule has 0 aliphatic carbocycles. The van der Waals surface area contributed by atoms with Gasteiger partial charge in [0.15, 0.2) is 18.2 Å². The second-order valence-corrected chi connectivity index (χ2v) is 5.52. The molecule has 9 heteroatoms. The highest BCUT2D eigenvalue weighted by Gasteiger charge is 2.46. The molecule has 0 bridgehead atoms. The van der Waals surface area contributed by atoms with Crippen LogP contribution in [0, 0.1) is 0 Å². The van der Waals surface area contributed by atoms with E-state index >= 15 is 0 Å². The third-order valence-electron chi connectivity index (χ3n) is 3.92. The number of anilines is 1. The second-order valence-electron chi connectivity index (χ2n) is 5.52. The van der Waals surface area contributed by atoms with E-state index in [0.717, 1.165) is 11.5 Å². The summed E-state index contributed by atoms with van der Waals surface area (Å²) in [5.74, 6) is 0.763. The van der Waals surface area contributed by atoms with Gasteiger partial charge in [-0.25, -0.2) is 9.56 Å². The lowest BCUT2D eigenvalue weighted by atomic mass is 10.1. The van der Waals surface area contributed by atoms with Gasteiger partial charge in [0.2, 0.25) is 6.23 Å². The zero-order chi connectivity index (χ0) is 15.1. The molecule has 1 aromatic heterocycles. The maximum absolute atomic E-state index is 10.2. The maximum atomic E-state index is 10.2. The number of aromatic amines is 1. The number of ether oxygens (including phenoxy) is 1. The number of aliphatic hydroxyl groups is 2. The van der Waals surface area contributed by atoms with E-state index in [4.69, 9.17) is 10.5 Å². The Morgan fingerprint density at radius 1 is 1.52 bits per heavy atom. The van der Waals surface area contributed by atoms with Crippen molar-refractivity contribution < 1.29 is 19.5 Å². The fraction of sp³-hybridized carbons (Fsp3) is 0.667. The summed E-state index contributed by atoms with van der Waals surface area (Å²) >= 11 is 0. The second kappa shape index (κ2) is 5.35. The molecule has 0 amide bonds. The van der Waals surface area contributed by atoms with Crippen LogP contribution in [0.25, 0.3) is 0 Å². The molecule has 1 unspecified atom stereocenters. The molecule has 5 atom stereocenters. The zero-order valence-electron chi connectivity index (χ0n) is 12.0. The van der Waals surface area contributed by atoms with Crippen LogP contribution in [0.2, 0.25) is 0 Å². The molecule has 0 aromatic carbocycles. The van der Waals surface area contributed by atoms with Crippen molar-refractivity contribution in [2.45, 2.75) is 30.6 Å². The minimum atomic E-state index is -0.898. The Morgan fingerprint density at radius 2 is 2.29 bits per heavy atom. The van der Waals surface area contributed by atoms with Crippen LogP contribution < -0.4 is 15.6 Å². The van der Waals surface area contributed by atoms with Crippen molar-refractivity contribution in [1.29, 1.82) is 0 Å². The van der Waals surface area contributed by atoms with Gasteiger partial charge in [-0.3, -0.25) is 15.2 Å². The number of aliphatic hydroxyl groups excluding tert-OH is 2. The summed E-state index contributed by atoms with van der Waals surface area (Å²) in [4.78, 5) is 9.47. The summed E-state index contributed by atoms with van der Waals surface area (Å²) in [7, 11) is 3.86. The average molecular weight is 297 g/mol. The van der Waals surface area contributed by atoms with Gasteiger partial charge in [0.1, 0.15) is 18.5 Å². The van der Waals surface area contributed by atoms with Gasteiger partial charge in [-0.15, -0.1) is 0 Å². The topological polar surface area (TPSA) is 123 Å². The van der Waals surface area contributed by atoms with Gasteiger partial charge < -0.3 is 20.7 Å². The number of nitrogens with one attached hydrogen (secondary N) is 2. The summed E-state index contributed by atoms with van der Waals surface area (Å²) < 4.78 is 7.41. The molecule has 1 fully saturated rings. The molecule has 9 nitrogen and oxygen atoms in total. The molecule has 0 spiro atoms. The molecule has 116 valence electrons. The lowest BCUT2D eigenvalue weighted by Crippen LogP contribution is -2.49. The van der Waals surface area contributed by atoms with Crippen LogP contribution in [-0.4, -0.2) is 65.4 Å². The number of hydrogen-bond donors (Lipinski definition) is 5. The van der Waals surface area contributed by atoms with E-state index in [1.165, 1.54) is 0 Å². The molecule has 3 heterocycles. The van der Waals surface area contributed by atoms with E-state index in [-0.39, 0.29) is 12.8 Å². The van der Waals surface area contributed by atoms with E-state index in [2.05, 4.69) is 15.3 Å². The highest BCUT2D eigenvalue weighted by atomic mass is 16.5. The first-order valence-electron chi connectivity index (χ1n) is 6.81. The Bertz CT molecular complexity index is 545. The normalized spacial score (nSPS) is 35.0. The summed E-state index contributed by atoms with van der Waals surface area (Å²) in [5, 5.41) is 22.5. The monoisotopic (exact) mass is 297 g/mol. The molecule has 0 radical (unpaired) electrons. The Labute approximate surface area is 122 Å². The molecular weight excluding hydrogens is 276 g/mol. The zero-order valence-corrected chi connectivity index (χ0v) is 12.0. The Balaban J connectivity index is 1.92. The van der Waals surface area contributed by atoms with Crippen molar-refractivity contribution in [2.75, 3.05) is 26.0 Å². The van der Waals surface area contributed by atoms with Gasteiger partial charge >= 0.3 is 0 Å². The van der Waals surface area contributed by atoms with E-state index in [9.17, 15) is 10.2 Å². The number of H-pyrrole nitrogens is 1. The first kappa shape index (κ1) is 14.4. The molecule has 21 heavy (non-hydrogen) atoms. The molecule has 2 aliphatic rings. The molecule has 1 aromatic rings. The number of hydrogen-bond acceptors (Lipinski definition) is 7. The lowest BCUT2D eigenvalue weighted by Gasteiger charge is -2.21. The largest absolute Gasteiger partial charge is 0.394 e. The fourth-order valence-corrected chi connectivity index (χ4v) is 2.75. The number of imidazole rings is 1. The Hall–Kier alpha value is -1.52. The predicted molar refractivity (Wildman–Crippen MR) is 74.5 cm³/mol. The van der Waals surface area contributed by atoms with E-state index in [1.54, 1.807) is 17.2 Å². The van der Waals surface area contributed by atoms with Crippen molar-refractivity contribution in [3.63, 3.8) is 0 Å². The van der Waals surface area contributed by atoms with Crippen LogP contribution in [0.15, 0.2) is 11.3 Å². The van der Waals surface area contributed by atoms with Crippen LogP contribution in [0.3, 0.4) is 0 Å². The molecular formula is C12H21N6O3+. The minimum Gasteiger partial charge on any atom is -0.394 e. The standard InChI is InChI=1S/C12H20N6O3/c1-17(2)10-8-11(15-4-14-10)18(5-16-8)12-9(20)7(13)6(3-19)21-12/h4-7,9-10,12,19-20H,3,13H2,1-2H3,(H,14,15)/p+1/t6-,7-,9-,10?,12-/m1/s1. The maximum Gasteiger partial charge on any atom is 0.268 e. The third kappa shape index (κ3) is 2.23. The van der Waals surface area contributed by atoms with Crippen molar-refractivity contribution in [1.82, 2.24) is 9.88 Å². The van der Waals surface area contributed by atoms with Crippen LogP contribution in [0.5, 0.6) is 0 Å². The number of rotatable bonds is 3. The van der Waals surface area contributed by atoms with E-state index in [0.29, 0.717) is 0 Å². The van der Waals surface area contributed by atoms with Gasteiger partial charge in [0.05, 0.1) is 12.6 Å². The van der Waals surface area contributed by atoms with Crippen molar-refractivity contribution >= 4 is 12.2 Å². The average Bonchev–Trinajstić information content (AvgIpc) is 3.01. The number of aliphatic imine (C=N–C) groups is 1. The van der Waals surface area contributed by atoms with Gasteiger partial charge in [-0.2, -0.15) is 0 Å². The smallest absolute Gasteiger partial charge is 0.268 e. The SMILES string of the molecule is CN(C)C1N=CNc2c1[nH]c[n+]2[C@@H]1O[C@H](CO)[C@@H](N)[C@H]1O. The molecule has 1 saturated heterocycles. The number of nitrogens with two attached hydrogens (primary N) is 1. The lowest BCUT2D eigenvalue weighted by molar-refractivity contribution is -0.752. The van der Waals surface area contributed by atoms with Crippen LogP contribution in [-0.2, 0) is 4.74 Å². The molecule has 6 N–H and O–H groups in total. The molecule has 2 aliphatic heterocycles. The van der Waals surface area contributed by atoms with Gasteiger partial charge in [0.25, 0.3) is 5.82 Å². The third-order valence-corrected chi connectivity index (χ3v) is 3.92. The predicted octanol–water partition coefficient (Wildman–Crippen LogP) is -2.11. The Morgan fingerprint density at radius 3 is 2.90 bits per heavy atom. The van der Waals surface area contributed by atoms with Crippen molar-refractivity contribution in [3.8, 4) is 0 Å². The van der Waals surface area contributed by atoms with E-state index < -0.39 is 24.5 Å². The number of nitrogens with zero attached hydrogens (tertiary/aromatic N) is 3. The summed E-state index contributed by atoms with van der Waals surface area (Å²) in [5.41, 5.74) is 6.74. The summed E-state index contributed by atoms with van der Waals surface area (Å²) in [6.45, 7) is -0.225.